The van der Waals surface area contributed by atoms with Crippen LogP contribution in [0.4, 0.5) is 5.69 Å². The maximum atomic E-state index is 11.9. The van der Waals surface area contributed by atoms with E-state index in [1.54, 1.807) is 18.2 Å². The van der Waals surface area contributed by atoms with Gasteiger partial charge in [0, 0.05) is 6.54 Å². The van der Waals surface area contributed by atoms with Gasteiger partial charge in [-0.15, -0.1) is 0 Å². The minimum Gasteiger partial charge on any atom is -0.348 e. The fourth-order valence-corrected chi connectivity index (χ4v) is 3.02. The second kappa shape index (κ2) is 13.9. The number of amides is 2. The number of hydrogen-bond donors (Lipinski definition) is 2. The fourth-order valence-electron chi connectivity index (χ4n) is 2.67. The summed E-state index contributed by atoms with van der Waals surface area (Å²) in [4.78, 5) is 23.7. The van der Waals surface area contributed by atoms with Crippen molar-refractivity contribution in [3.05, 3.63) is 28.2 Å². The molecule has 4 nitrogen and oxygen atoms in total. The van der Waals surface area contributed by atoms with Gasteiger partial charge in [0.1, 0.15) is 0 Å². The second-order valence-electron chi connectivity index (χ2n) is 6.49. The zero-order valence-electron chi connectivity index (χ0n) is 15.6. The number of halogens is 2. The lowest BCUT2D eigenvalue weighted by Crippen LogP contribution is -2.35. The largest absolute Gasteiger partial charge is 0.348 e. The third-order valence-electron chi connectivity index (χ3n) is 4.22. The van der Waals surface area contributed by atoms with E-state index in [1.807, 2.05) is 0 Å². The molecule has 0 aliphatic heterocycles. The van der Waals surface area contributed by atoms with Crippen molar-refractivity contribution in [2.75, 3.05) is 11.9 Å². The summed E-state index contributed by atoms with van der Waals surface area (Å²) in [6, 6.07) is 4.87. The molecule has 0 aliphatic rings. The Kier molecular flexibility index (Phi) is 12.2. The SMILES string of the molecule is CCCCCCCCCCCCNC(=O)C(=O)Nc1cccc(Cl)c1Cl. The van der Waals surface area contributed by atoms with Crippen molar-refractivity contribution in [1.82, 2.24) is 5.32 Å². The van der Waals surface area contributed by atoms with Crippen LogP contribution in [0.2, 0.25) is 10.0 Å². The third-order valence-corrected chi connectivity index (χ3v) is 5.04. The van der Waals surface area contributed by atoms with E-state index in [1.165, 1.54) is 51.4 Å². The van der Waals surface area contributed by atoms with Crippen molar-refractivity contribution in [3.63, 3.8) is 0 Å². The predicted octanol–water partition coefficient (Wildman–Crippen LogP) is 5.97. The maximum absolute atomic E-state index is 11.9. The molecule has 1 aromatic rings. The second-order valence-corrected chi connectivity index (χ2v) is 7.28. The summed E-state index contributed by atoms with van der Waals surface area (Å²) in [6.07, 6.45) is 12.3. The van der Waals surface area contributed by atoms with Crippen LogP contribution in [0.25, 0.3) is 0 Å². The number of carbonyl (C=O) groups excluding carboxylic acids is 2. The van der Waals surface area contributed by atoms with Crippen molar-refractivity contribution < 1.29 is 9.59 Å². The topological polar surface area (TPSA) is 58.2 Å². The van der Waals surface area contributed by atoms with Crippen molar-refractivity contribution in [1.29, 1.82) is 0 Å². The third kappa shape index (κ3) is 9.44. The van der Waals surface area contributed by atoms with E-state index in [0.29, 0.717) is 17.3 Å². The van der Waals surface area contributed by atoms with Crippen molar-refractivity contribution in [2.24, 2.45) is 0 Å². The normalized spacial score (nSPS) is 10.6. The van der Waals surface area contributed by atoms with E-state index in [-0.39, 0.29) is 5.02 Å². The Labute approximate surface area is 167 Å². The molecule has 0 fully saturated rings. The number of carbonyl (C=O) groups is 2. The van der Waals surface area contributed by atoms with Gasteiger partial charge in [0.05, 0.1) is 15.7 Å². The minimum absolute atomic E-state index is 0.227. The molecule has 2 N–H and O–H groups in total. The van der Waals surface area contributed by atoms with E-state index in [2.05, 4.69) is 17.6 Å². The molecule has 6 heteroatoms. The molecule has 0 radical (unpaired) electrons. The highest BCUT2D eigenvalue weighted by Crippen LogP contribution is 2.29. The summed E-state index contributed by atoms with van der Waals surface area (Å²) in [5.74, 6) is -1.39. The molecule has 1 rings (SSSR count). The van der Waals surface area contributed by atoms with E-state index in [4.69, 9.17) is 23.2 Å². The molecule has 0 spiro atoms. The van der Waals surface area contributed by atoms with Crippen molar-refractivity contribution in [2.45, 2.75) is 71.1 Å². The number of anilines is 1. The van der Waals surface area contributed by atoms with Gasteiger partial charge >= 0.3 is 11.8 Å². The molecule has 0 unspecified atom stereocenters. The van der Waals surface area contributed by atoms with E-state index in [9.17, 15) is 9.59 Å². The van der Waals surface area contributed by atoms with Crippen molar-refractivity contribution in [3.8, 4) is 0 Å². The average molecular weight is 401 g/mol. The number of rotatable bonds is 12. The van der Waals surface area contributed by atoms with Crippen LogP contribution >= 0.6 is 23.2 Å². The van der Waals surface area contributed by atoms with Gasteiger partial charge in [-0.1, -0.05) is 94.0 Å². The Morgan fingerprint density at radius 2 is 1.42 bits per heavy atom. The van der Waals surface area contributed by atoms with Crippen molar-refractivity contribution >= 4 is 40.7 Å². The summed E-state index contributed by atoms with van der Waals surface area (Å²) in [5, 5.41) is 5.66. The Bertz CT molecular complexity index is 565. The molecule has 0 aliphatic carbocycles. The quantitative estimate of drug-likeness (QED) is 0.335. The lowest BCUT2D eigenvalue weighted by atomic mass is 10.1. The summed E-state index contributed by atoms with van der Waals surface area (Å²) in [7, 11) is 0. The van der Waals surface area contributed by atoms with Gasteiger partial charge in [-0.25, -0.2) is 0 Å². The van der Waals surface area contributed by atoms with Gasteiger partial charge < -0.3 is 10.6 Å². The summed E-state index contributed by atoms with van der Waals surface area (Å²) < 4.78 is 0. The molecule has 26 heavy (non-hydrogen) atoms. The number of hydrogen-bond acceptors (Lipinski definition) is 2. The Balaban J connectivity index is 2.07. The Morgan fingerprint density at radius 1 is 0.846 bits per heavy atom. The minimum atomic E-state index is -0.735. The molecule has 0 atom stereocenters. The number of unbranched alkanes of at least 4 members (excludes halogenated alkanes) is 9. The summed E-state index contributed by atoms with van der Waals surface area (Å²) in [6.45, 7) is 2.74. The number of benzene rings is 1. The zero-order chi connectivity index (χ0) is 19.2. The first kappa shape index (κ1) is 22.8. The first-order chi connectivity index (χ1) is 12.6. The van der Waals surface area contributed by atoms with Crippen LogP contribution in [0.15, 0.2) is 18.2 Å². The van der Waals surface area contributed by atoms with Crippen LogP contribution in [-0.4, -0.2) is 18.4 Å². The van der Waals surface area contributed by atoms with E-state index < -0.39 is 11.8 Å². The van der Waals surface area contributed by atoms with Gasteiger partial charge in [-0.05, 0) is 18.6 Å². The van der Waals surface area contributed by atoms with Gasteiger partial charge in [0.15, 0.2) is 0 Å². The fraction of sp³-hybridized carbons (Fsp3) is 0.600. The standard InChI is InChI=1S/C20H30Cl2N2O2/c1-2-3-4-5-6-7-8-9-10-11-15-23-19(25)20(26)24-17-14-12-13-16(21)18(17)22/h12-14H,2-11,15H2,1H3,(H,23,25)(H,24,26). The molecule has 1 aromatic carbocycles. The van der Waals surface area contributed by atoms with E-state index >= 15 is 0 Å². The van der Waals surface area contributed by atoms with Crippen LogP contribution in [0.5, 0.6) is 0 Å². The molecule has 146 valence electrons. The Morgan fingerprint density at radius 3 is 2.04 bits per heavy atom. The zero-order valence-corrected chi connectivity index (χ0v) is 17.1. The van der Waals surface area contributed by atoms with E-state index in [0.717, 1.165) is 12.8 Å². The summed E-state index contributed by atoms with van der Waals surface area (Å²) >= 11 is 11.9. The summed E-state index contributed by atoms with van der Waals surface area (Å²) in [5.41, 5.74) is 0.332. The van der Waals surface area contributed by atoms with Gasteiger partial charge in [0.25, 0.3) is 0 Å². The van der Waals surface area contributed by atoms with Crippen LogP contribution < -0.4 is 10.6 Å². The van der Waals surface area contributed by atoms with Crippen LogP contribution in [0.3, 0.4) is 0 Å². The smallest absolute Gasteiger partial charge is 0.313 e. The number of nitrogens with one attached hydrogen (secondary N) is 2. The molecule has 0 saturated carbocycles. The first-order valence-corrected chi connectivity index (χ1v) is 10.3. The van der Waals surface area contributed by atoms with Crippen LogP contribution in [0.1, 0.15) is 71.1 Å². The monoisotopic (exact) mass is 400 g/mol. The van der Waals surface area contributed by atoms with Crippen LogP contribution in [-0.2, 0) is 9.59 Å². The molecule has 0 heterocycles. The van der Waals surface area contributed by atoms with Gasteiger partial charge in [0.2, 0.25) is 0 Å². The molecule has 0 bridgehead atoms. The molecule has 2 amide bonds. The Hall–Kier alpha value is -1.26. The van der Waals surface area contributed by atoms with Gasteiger partial charge in [-0.3, -0.25) is 9.59 Å². The predicted molar refractivity (Wildman–Crippen MR) is 110 cm³/mol. The highest BCUT2D eigenvalue weighted by molar-refractivity contribution is 6.45. The highest BCUT2D eigenvalue weighted by Gasteiger charge is 2.15. The highest BCUT2D eigenvalue weighted by atomic mass is 35.5. The lowest BCUT2D eigenvalue weighted by Gasteiger charge is -2.08. The average Bonchev–Trinajstić information content (AvgIpc) is 2.63. The van der Waals surface area contributed by atoms with Gasteiger partial charge in [-0.2, -0.15) is 0 Å². The molecule has 0 aromatic heterocycles. The first-order valence-electron chi connectivity index (χ1n) is 9.59. The molecular formula is C20H30Cl2N2O2. The van der Waals surface area contributed by atoms with Crippen LogP contribution in [0, 0.1) is 0 Å². The maximum Gasteiger partial charge on any atom is 0.313 e. The molecule has 0 saturated heterocycles. The molecular weight excluding hydrogens is 371 g/mol. The lowest BCUT2D eigenvalue weighted by molar-refractivity contribution is -0.136.